The third kappa shape index (κ3) is 5.35. The standard InChI is InChI=1S/C25H28O3/c1-25(2,3)28-23(27)17-10-18-8-11-20(12-9-18)24(19-6-4-5-7-19)21-13-15-22(26)16-14-21/h8-17,26H,4-7H2,1-3H3/b17-10+. The van der Waals surface area contributed by atoms with E-state index in [2.05, 4.69) is 12.1 Å². The summed E-state index contributed by atoms with van der Waals surface area (Å²) in [4.78, 5) is 11.9. The molecule has 0 unspecified atom stereocenters. The van der Waals surface area contributed by atoms with Gasteiger partial charge in [0, 0.05) is 6.08 Å². The van der Waals surface area contributed by atoms with Gasteiger partial charge in [-0.3, -0.25) is 0 Å². The molecule has 0 heterocycles. The van der Waals surface area contributed by atoms with E-state index in [9.17, 15) is 9.90 Å². The van der Waals surface area contributed by atoms with Gasteiger partial charge in [0.15, 0.2) is 0 Å². The van der Waals surface area contributed by atoms with Gasteiger partial charge in [0.1, 0.15) is 11.4 Å². The molecule has 1 fully saturated rings. The minimum Gasteiger partial charge on any atom is -0.508 e. The van der Waals surface area contributed by atoms with Crippen molar-refractivity contribution in [1.29, 1.82) is 0 Å². The predicted molar refractivity (Wildman–Crippen MR) is 114 cm³/mol. The molecule has 1 N–H and O–H groups in total. The van der Waals surface area contributed by atoms with Crippen molar-refractivity contribution in [2.45, 2.75) is 52.1 Å². The number of carbonyl (C=O) groups is 1. The number of phenolic OH excluding ortho intramolecular Hbond substituents is 1. The molecule has 0 amide bonds. The molecule has 0 aromatic heterocycles. The first-order valence-corrected chi connectivity index (χ1v) is 9.85. The maximum absolute atomic E-state index is 11.9. The molecule has 146 valence electrons. The maximum atomic E-state index is 11.9. The van der Waals surface area contributed by atoms with Crippen molar-refractivity contribution in [3.8, 4) is 5.75 Å². The Morgan fingerprint density at radius 3 is 2.00 bits per heavy atom. The molecule has 0 aliphatic heterocycles. The summed E-state index contributed by atoms with van der Waals surface area (Å²) in [5.74, 6) is -0.0587. The fraction of sp³-hybridized carbons (Fsp3) is 0.320. The van der Waals surface area contributed by atoms with Crippen LogP contribution in [0.3, 0.4) is 0 Å². The van der Waals surface area contributed by atoms with E-state index in [0.717, 1.165) is 29.5 Å². The molecular formula is C25H28O3. The fourth-order valence-corrected chi connectivity index (χ4v) is 3.52. The zero-order chi connectivity index (χ0) is 20.1. The number of hydrogen-bond donors (Lipinski definition) is 1. The summed E-state index contributed by atoms with van der Waals surface area (Å²) in [5, 5.41) is 9.62. The van der Waals surface area contributed by atoms with E-state index in [4.69, 9.17) is 4.74 Å². The van der Waals surface area contributed by atoms with Crippen molar-refractivity contribution in [3.63, 3.8) is 0 Å². The van der Waals surface area contributed by atoms with Gasteiger partial charge in [-0.1, -0.05) is 42.0 Å². The Bertz CT molecular complexity index is 871. The van der Waals surface area contributed by atoms with Gasteiger partial charge in [0.25, 0.3) is 0 Å². The average Bonchev–Trinajstić information content (AvgIpc) is 3.16. The van der Waals surface area contributed by atoms with Crippen LogP contribution >= 0.6 is 0 Å². The van der Waals surface area contributed by atoms with Gasteiger partial charge in [0.2, 0.25) is 0 Å². The lowest BCUT2D eigenvalue weighted by Gasteiger charge is -2.17. The quantitative estimate of drug-likeness (QED) is 0.516. The van der Waals surface area contributed by atoms with Gasteiger partial charge < -0.3 is 9.84 Å². The van der Waals surface area contributed by atoms with Crippen molar-refractivity contribution in [3.05, 3.63) is 76.9 Å². The van der Waals surface area contributed by atoms with Gasteiger partial charge in [0.05, 0.1) is 0 Å². The van der Waals surface area contributed by atoms with Crippen LogP contribution in [0.4, 0.5) is 0 Å². The lowest BCUT2D eigenvalue weighted by atomic mass is 9.91. The molecule has 1 saturated carbocycles. The van der Waals surface area contributed by atoms with Crippen molar-refractivity contribution in [2.24, 2.45) is 0 Å². The number of allylic oxidation sites excluding steroid dienone is 1. The van der Waals surface area contributed by atoms with Gasteiger partial charge in [-0.25, -0.2) is 4.79 Å². The van der Waals surface area contributed by atoms with Crippen LogP contribution in [0, 0.1) is 0 Å². The molecule has 1 aliphatic carbocycles. The van der Waals surface area contributed by atoms with Crippen molar-refractivity contribution < 1.29 is 14.6 Å². The molecule has 3 rings (SSSR count). The first-order valence-electron chi connectivity index (χ1n) is 9.85. The number of rotatable bonds is 4. The van der Waals surface area contributed by atoms with E-state index in [1.807, 2.05) is 45.0 Å². The number of hydrogen-bond acceptors (Lipinski definition) is 3. The Balaban J connectivity index is 1.84. The van der Waals surface area contributed by atoms with Gasteiger partial charge in [-0.2, -0.15) is 0 Å². The summed E-state index contributed by atoms with van der Waals surface area (Å²) in [6, 6.07) is 15.7. The van der Waals surface area contributed by atoms with E-state index in [1.165, 1.54) is 30.1 Å². The van der Waals surface area contributed by atoms with Crippen LogP contribution in [0.15, 0.2) is 60.2 Å². The largest absolute Gasteiger partial charge is 0.508 e. The molecule has 2 aromatic carbocycles. The second-order valence-electron chi connectivity index (χ2n) is 8.22. The molecular weight excluding hydrogens is 348 g/mol. The van der Waals surface area contributed by atoms with E-state index in [0.29, 0.717) is 0 Å². The molecule has 3 heteroatoms. The summed E-state index contributed by atoms with van der Waals surface area (Å²) >= 11 is 0. The molecule has 0 radical (unpaired) electrons. The Labute approximate surface area is 167 Å². The van der Waals surface area contributed by atoms with Crippen LogP contribution in [0.25, 0.3) is 11.6 Å². The van der Waals surface area contributed by atoms with Crippen LogP contribution in [-0.2, 0) is 9.53 Å². The van der Waals surface area contributed by atoms with Crippen LogP contribution < -0.4 is 0 Å². The highest BCUT2D eigenvalue weighted by Crippen LogP contribution is 2.36. The second kappa shape index (κ2) is 8.47. The summed E-state index contributed by atoms with van der Waals surface area (Å²) in [6.45, 7) is 5.57. The molecule has 0 spiro atoms. The van der Waals surface area contributed by atoms with E-state index in [1.54, 1.807) is 18.2 Å². The first kappa shape index (κ1) is 19.9. The number of ether oxygens (including phenoxy) is 1. The van der Waals surface area contributed by atoms with Gasteiger partial charge in [-0.05, 0) is 86.9 Å². The SMILES string of the molecule is CC(C)(C)OC(=O)/C=C/c1ccc(C(=C2CCCC2)c2ccc(O)cc2)cc1. The summed E-state index contributed by atoms with van der Waals surface area (Å²) in [6.07, 6.45) is 7.95. The van der Waals surface area contributed by atoms with Crippen LogP contribution in [0.5, 0.6) is 5.75 Å². The maximum Gasteiger partial charge on any atom is 0.331 e. The minimum atomic E-state index is -0.488. The molecule has 3 nitrogen and oxygen atoms in total. The highest BCUT2D eigenvalue weighted by molar-refractivity contribution is 5.88. The van der Waals surface area contributed by atoms with Crippen molar-refractivity contribution in [2.75, 3.05) is 0 Å². The summed E-state index contributed by atoms with van der Waals surface area (Å²) < 4.78 is 5.30. The van der Waals surface area contributed by atoms with Crippen molar-refractivity contribution >= 4 is 17.6 Å². The van der Waals surface area contributed by atoms with Crippen molar-refractivity contribution in [1.82, 2.24) is 0 Å². The summed E-state index contributed by atoms with van der Waals surface area (Å²) in [5.41, 5.74) is 5.50. The fourth-order valence-electron chi connectivity index (χ4n) is 3.52. The lowest BCUT2D eigenvalue weighted by molar-refractivity contribution is -0.148. The van der Waals surface area contributed by atoms with E-state index in [-0.39, 0.29) is 11.7 Å². The number of benzene rings is 2. The summed E-state index contributed by atoms with van der Waals surface area (Å²) in [7, 11) is 0. The van der Waals surface area contributed by atoms with Crippen LogP contribution in [0.1, 0.15) is 63.1 Å². The second-order valence-corrected chi connectivity index (χ2v) is 8.22. The highest BCUT2D eigenvalue weighted by Gasteiger charge is 2.16. The molecule has 0 atom stereocenters. The third-order valence-corrected chi connectivity index (χ3v) is 4.73. The molecule has 0 bridgehead atoms. The number of esters is 1. The Kier molecular flexibility index (Phi) is 6.03. The minimum absolute atomic E-state index is 0.280. The molecule has 1 aliphatic rings. The van der Waals surface area contributed by atoms with Gasteiger partial charge >= 0.3 is 5.97 Å². The monoisotopic (exact) mass is 376 g/mol. The Morgan fingerprint density at radius 2 is 1.46 bits per heavy atom. The highest BCUT2D eigenvalue weighted by atomic mass is 16.6. The van der Waals surface area contributed by atoms with Crippen LogP contribution in [0.2, 0.25) is 0 Å². The molecule has 2 aromatic rings. The van der Waals surface area contributed by atoms with E-state index < -0.39 is 5.60 Å². The zero-order valence-electron chi connectivity index (χ0n) is 16.9. The van der Waals surface area contributed by atoms with Crippen LogP contribution in [-0.4, -0.2) is 16.7 Å². The Morgan fingerprint density at radius 1 is 0.929 bits per heavy atom. The topological polar surface area (TPSA) is 46.5 Å². The smallest absolute Gasteiger partial charge is 0.331 e. The first-order chi connectivity index (χ1) is 13.3. The third-order valence-electron chi connectivity index (χ3n) is 4.73. The Hall–Kier alpha value is -2.81. The lowest BCUT2D eigenvalue weighted by Crippen LogP contribution is -2.22. The average molecular weight is 376 g/mol. The molecule has 28 heavy (non-hydrogen) atoms. The number of aromatic hydroxyl groups is 1. The number of carbonyl (C=O) groups excluding carboxylic acids is 1. The zero-order valence-corrected chi connectivity index (χ0v) is 16.9. The van der Waals surface area contributed by atoms with Gasteiger partial charge in [-0.15, -0.1) is 0 Å². The predicted octanol–water partition coefficient (Wildman–Crippen LogP) is 6.12. The molecule has 0 saturated heterocycles. The number of phenols is 1. The van der Waals surface area contributed by atoms with E-state index >= 15 is 0 Å². The normalized spacial score (nSPS) is 14.5.